The molecule has 0 aliphatic carbocycles. The summed E-state index contributed by atoms with van der Waals surface area (Å²) in [4.78, 5) is 4.76. The summed E-state index contributed by atoms with van der Waals surface area (Å²) in [6.07, 6.45) is 1.96. The molecule has 0 unspecified atom stereocenters. The number of hydrogen-bond acceptors (Lipinski definition) is 2. The Bertz CT molecular complexity index is 173. The van der Waals surface area contributed by atoms with E-state index < -0.39 is 0 Å². The maximum Gasteiger partial charge on any atom is 0.0418 e. The third kappa shape index (κ3) is 4.50. The van der Waals surface area contributed by atoms with Crippen LogP contribution in [0.4, 0.5) is 0 Å². The van der Waals surface area contributed by atoms with E-state index in [1.54, 1.807) is 0 Å². The van der Waals surface area contributed by atoms with Gasteiger partial charge < -0.3 is 4.90 Å². The molecule has 2 nitrogen and oxygen atoms in total. The largest absolute Gasteiger partial charge is 0.369 e. The Balaban J connectivity index is 0.000000791. The standard InChI is InChI=1S/C10H18N2.C2H6/c1-4-5-11-6-8-12(9-7-11)10(2)3;1-2/h5,10H,1,6-9H2,2-3H3;1-2H3. The second kappa shape index (κ2) is 7.66. The maximum atomic E-state index is 3.57. The van der Waals surface area contributed by atoms with Gasteiger partial charge in [-0.05, 0) is 13.8 Å². The summed E-state index contributed by atoms with van der Waals surface area (Å²) in [5.74, 6) is 0. The van der Waals surface area contributed by atoms with Crippen LogP contribution in [0, 0.1) is 0 Å². The molecule has 0 radical (unpaired) electrons. The molecule has 0 aromatic rings. The molecule has 1 heterocycles. The van der Waals surface area contributed by atoms with Gasteiger partial charge in [-0.25, -0.2) is 0 Å². The molecule has 1 aliphatic rings. The molecule has 0 aromatic carbocycles. The van der Waals surface area contributed by atoms with Crippen molar-refractivity contribution in [3.8, 4) is 0 Å². The van der Waals surface area contributed by atoms with Crippen LogP contribution in [0.25, 0.3) is 0 Å². The van der Waals surface area contributed by atoms with Gasteiger partial charge in [0.05, 0.1) is 0 Å². The first-order chi connectivity index (χ1) is 6.74. The van der Waals surface area contributed by atoms with Crippen molar-refractivity contribution in [3.05, 3.63) is 18.5 Å². The average Bonchev–Trinajstić information content (AvgIpc) is 2.22. The summed E-state index contributed by atoms with van der Waals surface area (Å²) >= 11 is 0. The molecule has 0 N–H and O–H groups in total. The predicted octanol–water partition coefficient (Wildman–Crippen LogP) is 2.34. The Morgan fingerprint density at radius 1 is 1.14 bits per heavy atom. The highest BCUT2D eigenvalue weighted by Crippen LogP contribution is 2.05. The molecule has 14 heavy (non-hydrogen) atoms. The van der Waals surface area contributed by atoms with E-state index in [2.05, 4.69) is 36.0 Å². The lowest BCUT2D eigenvalue weighted by Crippen LogP contribution is -2.46. The Kier molecular flexibility index (Phi) is 7.27. The van der Waals surface area contributed by atoms with Gasteiger partial charge in [0.15, 0.2) is 0 Å². The molecule has 2 heteroatoms. The molecule has 82 valence electrons. The lowest BCUT2D eigenvalue weighted by atomic mass is 10.2. The topological polar surface area (TPSA) is 6.48 Å². The van der Waals surface area contributed by atoms with E-state index in [0.717, 1.165) is 26.2 Å². The molecular weight excluding hydrogens is 172 g/mol. The molecule has 1 aliphatic heterocycles. The van der Waals surface area contributed by atoms with Crippen LogP contribution in [0.1, 0.15) is 27.7 Å². The average molecular weight is 196 g/mol. The highest BCUT2D eigenvalue weighted by molar-refractivity contribution is 4.83. The van der Waals surface area contributed by atoms with Crippen LogP contribution < -0.4 is 0 Å². The van der Waals surface area contributed by atoms with Gasteiger partial charge in [-0.2, -0.15) is 0 Å². The van der Waals surface area contributed by atoms with E-state index >= 15 is 0 Å². The van der Waals surface area contributed by atoms with E-state index in [1.165, 1.54) is 0 Å². The Labute approximate surface area is 88.9 Å². The maximum absolute atomic E-state index is 3.57. The monoisotopic (exact) mass is 196 g/mol. The van der Waals surface area contributed by atoms with Gasteiger partial charge in [0.2, 0.25) is 0 Å². The van der Waals surface area contributed by atoms with Crippen LogP contribution in [0.2, 0.25) is 0 Å². The second-order valence-corrected chi connectivity index (χ2v) is 3.50. The molecule has 0 bridgehead atoms. The van der Waals surface area contributed by atoms with Gasteiger partial charge >= 0.3 is 0 Å². The Morgan fingerprint density at radius 3 is 2.00 bits per heavy atom. The van der Waals surface area contributed by atoms with Crippen molar-refractivity contribution >= 4 is 0 Å². The molecule has 0 amide bonds. The quantitative estimate of drug-likeness (QED) is 0.625. The molecule has 1 saturated heterocycles. The summed E-state index contributed by atoms with van der Waals surface area (Å²) in [6, 6.07) is 0.680. The van der Waals surface area contributed by atoms with Crippen molar-refractivity contribution in [3.63, 3.8) is 0 Å². The third-order valence-corrected chi connectivity index (χ3v) is 2.35. The summed E-state index contributed by atoms with van der Waals surface area (Å²) in [6.45, 7) is 16.6. The van der Waals surface area contributed by atoms with Crippen molar-refractivity contribution < 1.29 is 0 Å². The summed E-state index contributed by atoms with van der Waals surface area (Å²) in [5.41, 5.74) is 2.81. The lowest BCUT2D eigenvalue weighted by Gasteiger charge is -2.35. The fourth-order valence-electron chi connectivity index (χ4n) is 1.51. The zero-order chi connectivity index (χ0) is 11.0. The van der Waals surface area contributed by atoms with Crippen molar-refractivity contribution in [1.29, 1.82) is 0 Å². The third-order valence-electron chi connectivity index (χ3n) is 2.35. The van der Waals surface area contributed by atoms with Gasteiger partial charge in [0, 0.05) is 38.4 Å². The van der Waals surface area contributed by atoms with E-state index in [1.807, 2.05) is 20.0 Å². The molecule has 0 atom stereocenters. The summed E-state index contributed by atoms with van der Waals surface area (Å²) < 4.78 is 0. The van der Waals surface area contributed by atoms with Crippen LogP contribution in [0.5, 0.6) is 0 Å². The zero-order valence-electron chi connectivity index (χ0n) is 10.1. The van der Waals surface area contributed by atoms with Crippen molar-refractivity contribution in [2.75, 3.05) is 26.2 Å². The molecule has 1 rings (SSSR count). The lowest BCUT2D eigenvalue weighted by molar-refractivity contribution is 0.138. The molecule has 0 spiro atoms. The molecule has 0 saturated carbocycles. The number of piperazine rings is 1. The first-order valence-electron chi connectivity index (χ1n) is 5.58. The first kappa shape index (κ1) is 13.3. The smallest absolute Gasteiger partial charge is 0.0418 e. The predicted molar refractivity (Wildman–Crippen MR) is 63.3 cm³/mol. The second-order valence-electron chi connectivity index (χ2n) is 3.50. The number of hydrogen-bond donors (Lipinski definition) is 0. The van der Waals surface area contributed by atoms with Gasteiger partial charge in [-0.1, -0.05) is 20.4 Å². The van der Waals surface area contributed by atoms with Crippen LogP contribution >= 0.6 is 0 Å². The fourth-order valence-corrected chi connectivity index (χ4v) is 1.51. The number of rotatable bonds is 2. The van der Waals surface area contributed by atoms with Crippen molar-refractivity contribution in [1.82, 2.24) is 9.80 Å². The number of nitrogens with zero attached hydrogens (tertiary/aromatic N) is 2. The zero-order valence-corrected chi connectivity index (χ0v) is 10.1. The van der Waals surface area contributed by atoms with Crippen LogP contribution in [-0.2, 0) is 0 Å². The molecule has 1 fully saturated rings. The van der Waals surface area contributed by atoms with E-state index in [9.17, 15) is 0 Å². The minimum Gasteiger partial charge on any atom is -0.369 e. The van der Waals surface area contributed by atoms with Gasteiger partial charge in [0.1, 0.15) is 0 Å². The van der Waals surface area contributed by atoms with Crippen LogP contribution in [0.3, 0.4) is 0 Å². The Hall–Kier alpha value is -0.720. The van der Waals surface area contributed by atoms with Crippen LogP contribution in [0.15, 0.2) is 18.5 Å². The Morgan fingerprint density at radius 2 is 1.64 bits per heavy atom. The van der Waals surface area contributed by atoms with E-state index in [4.69, 9.17) is 0 Å². The van der Waals surface area contributed by atoms with Crippen LogP contribution in [-0.4, -0.2) is 42.0 Å². The fraction of sp³-hybridized carbons (Fsp3) is 0.750. The van der Waals surface area contributed by atoms with Crippen molar-refractivity contribution in [2.24, 2.45) is 0 Å². The highest BCUT2D eigenvalue weighted by Gasteiger charge is 2.15. The van der Waals surface area contributed by atoms with Crippen molar-refractivity contribution in [2.45, 2.75) is 33.7 Å². The van der Waals surface area contributed by atoms with Gasteiger partial charge in [0.25, 0.3) is 0 Å². The van der Waals surface area contributed by atoms with Gasteiger partial charge in [-0.15, -0.1) is 5.73 Å². The van der Waals surface area contributed by atoms with E-state index in [-0.39, 0.29) is 0 Å². The molecule has 0 aromatic heterocycles. The van der Waals surface area contributed by atoms with E-state index in [0.29, 0.717) is 6.04 Å². The summed E-state index contributed by atoms with van der Waals surface area (Å²) in [7, 11) is 0. The first-order valence-corrected chi connectivity index (χ1v) is 5.58. The minimum atomic E-state index is 0.680. The van der Waals surface area contributed by atoms with Gasteiger partial charge in [-0.3, -0.25) is 4.90 Å². The minimum absolute atomic E-state index is 0.680. The highest BCUT2D eigenvalue weighted by atomic mass is 15.3. The normalized spacial score (nSPS) is 17.1. The SMILES string of the molecule is C=C=CN1CCN(C(C)C)CC1.CC. The summed E-state index contributed by atoms with van der Waals surface area (Å²) in [5, 5.41) is 0. The molecular formula is C12H24N2.